The Balaban J connectivity index is 2.39. The first-order valence-corrected chi connectivity index (χ1v) is 4.99. The summed E-state index contributed by atoms with van der Waals surface area (Å²) in [7, 11) is 1.74. The molecule has 1 heterocycles. The smallest absolute Gasteiger partial charge is 0.454 e. The second-order valence-corrected chi connectivity index (χ2v) is 3.78. The van der Waals surface area contributed by atoms with Crippen LogP contribution in [0.5, 0.6) is 5.75 Å². The SMILES string of the molecule is CN1CCOc2ccc(C(=O)C(F)(F)F)cc21. The first kappa shape index (κ1) is 11.8. The summed E-state index contributed by atoms with van der Waals surface area (Å²) in [5, 5.41) is 0. The summed E-state index contributed by atoms with van der Waals surface area (Å²) in [5.41, 5.74) is 0.139. The van der Waals surface area contributed by atoms with Crippen molar-refractivity contribution in [1.29, 1.82) is 0 Å². The fourth-order valence-corrected chi connectivity index (χ4v) is 1.66. The van der Waals surface area contributed by atoms with Crippen molar-refractivity contribution in [3.8, 4) is 5.75 Å². The van der Waals surface area contributed by atoms with E-state index < -0.39 is 12.0 Å². The van der Waals surface area contributed by atoms with Crippen LogP contribution in [-0.4, -0.2) is 32.2 Å². The predicted octanol–water partition coefficient (Wildman–Crippen LogP) is 2.26. The van der Waals surface area contributed by atoms with E-state index in [0.29, 0.717) is 24.6 Å². The van der Waals surface area contributed by atoms with Crippen LogP contribution in [-0.2, 0) is 0 Å². The van der Waals surface area contributed by atoms with Crippen LogP contribution in [0.3, 0.4) is 0 Å². The Morgan fingerprint density at radius 3 is 2.76 bits per heavy atom. The molecule has 0 unspecified atom stereocenters. The number of alkyl halides is 3. The maximum absolute atomic E-state index is 12.3. The molecule has 3 nitrogen and oxygen atoms in total. The molecule has 0 atom stereocenters. The molecule has 0 fully saturated rings. The third-order valence-corrected chi connectivity index (χ3v) is 2.57. The van der Waals surface area contributed by atoms with Gasteiger partial charge in [-0.1, -0.05) is 0 Å². The number of Topliss-reactive ketones (excluding diaryl/α,β-unsaturated/α-hetero) is 1. The van der Waals surface area contributed by atoms with E-state index in [2.05, 4.69) is 0 Å². The minimum atomic E-state index is -4.84. The van der Waals surface area contributed by atoms with Crippen molar-refractivity contribution in [2.75, 3.05) is 25.1 Å². The molecule has 0 saturated heterocycles. The Labute approximate surface area is 95.8 Å². The highest BCUT2D eigenvalue weighted by Gasteiger charge is 2.39. The highest BCUT2D eigenvalue weighted by atomic mass is 19.4. The monoisotopic (exact) mass is 245 g/mol. The molecule has 6 heteroatoms. The highest BCUT2D eigenvalue weighted by molar-refractivity contribution is 6.01. The van der Waals surface area contributed by atoms with Gasteiger partial charge in [0, 0.05) is 12.6 Å². The van der Waals surface area contributed by atoms with Crippen LogP contribution < -0.4 is 9.64 Å². The van der Waals surface area contributed by atoms with Gasteiger partial charge in [-0.15, -0.1) is 0 Å². The first-order chi connectivity index (χ1) is 7.89. The summed E-state index contributed by atoms with van der Waals surface area (Å²) >= 11 is 0. The quantitative estimate of drug-likeness (QED) is 0.711. The molecule has 0 amide bonds. The van der Waals surface area contributed by atoms with Gasteiger partial charge in [0.15, 0.2) is 0 Å². The van der Waals surface area contributed by atoms with Gasteiger partial charge in [0.05, 0.1) is 12.2 Å². The lowest BCUT2D eigenvalue weighted by atomic mass is 10.1. The zero-order valence-corrected chi connectivity index (χ0v) is 9.04. The van der Waals surface area contributed by atoms with Crippen molar-refractivity contribution in [2.24, 2.45) is 0 Å². The molecule has 1 aliphatic rings. The lowest BCUT2D eigenvalue weighted by Gasteiger charge is -2.28. The second kappa shape index (κ2) is 3.94. The van der Waals surface area contributed by atoms with Crippen LogP contribution in [0.15, 0.2) is 18.2 Å². The largest absolute Gasteiger partial charge is 0.490 e. The van der Waals surface area contributed by atoms with Crippen molar-refractivity contribution in [2.45, 2.75) is 6.18 Å². The number of carbonyl (C=O) groups excluding carboxylic acids is 1. The van der Waals surface area contributed by atoms with E-state index in [1.807, 2.05) is 0 Å². The molecule has 92 valence electrons. The molecule has 1 aromatic carbocycles. The normalized spacial score (nSPS) is 15.2. The van der Waals surface area contributed by atoms with Gasteiger partial charge in [-0.05, 0) is 18.2 Å². The molecular weight excluding hydrogens is 235 g/mol. The molecule has 0 aliphatic carbocycles. The number of benzene rings is 1. The number of rotatable bonds is 1. The molecule has 17 heavy (non-hydrogen) atoms. The van der Waals surface area contributed by atoms with Gasteiger partial charge in [-0.2, -0.15) is 13.2 Å². The van der Waals surface area contributed by atoms with Crippen LogP contribution in [0.2, 0.25) is 0 Å². The Morgan fingerprint density at radius 1 is 1.41 bits per heavy atom. The van der Waals surface area contributed by atoms with Gasteiger partial charge in [-0.25, -0.2) is 0 Å². The Morgan fingerprint density at radius 2 is 2.12 bits per heavy atom. The minimum Gasteiger partial charge on any atom is -0.490 e. The molecule has 0 bridgehead atoms. The Kier molecular flexibility index (Phi) is 2.73. The van der Waals surface area contributed by atoms with Gasteiger partial charge in [0.1, 0.15) is 12.4 Å². The maximum atomic E-state index is 12.3. The Hall–Kier alpha value is -1.72. The van der Waals surface area contributed by atoms with E-state index in [4.69, 9.17) is 4.74 Å². The summed E-state index contributed by atoms with van der Waals surface area (Å²) in [6, 6.07) is 3.74. The number of nitrogens with zero attached hydrogens (tertiary/aromatic N) is 1. The number of anilines is 1. The number of likely N-dealkylation sites (N-methyl/N-ethyl adjacent to an activating group) is 1. The molecule has 1 aliphatic heterocycles. The molecule has 0 radical (unpaired) electrons. The number of halogens is 3. The molecule has 0 saturated carbocycles. The van der Waals surface area contributed by atoms with E-state index in [1.54, 1.807) is 11.9 Å². The summed E-state index contributed by atoms with van der Waals surface area (Å²) in [6.45, 7) is 1.06. The average molecular weight is 245 g/mol. The number of hydrogen-bond acceptors (Lipinski definition) is 3. The van der Waals surface area contributed by atoms with Gasteiger partial charge in [0.25, 0.3) is 5.78 Å². The van der Waals surface area contributed by atoms with Gasteiger partial charge in [-0.3, -0.25) is 4.79 Å². The van der Waals surface area contributed by atoms with Gasteiger partial charge < -0.3 is 9.64 Å². The topological polar surface area (TPSA) is 29.5 Å². The molecule has 1 aromatic rings. The number of carbonyl (C=O) groups is 1. The van der Waals surface area contributed by atoms with Crippen molar-refractivity contribution in [1.82, 2.24) is 0 Å². The third-order valence-electron chi connectivity index (χ3n) is 2.57. The van der Waals surface area contributed by atoms with E-state index in [9.17, 15) is 18.0 Å². The van der Waals surface area contributed by atoms with Gasteiger partial charge >= 0.3 is 6.18 Å². The number of ether oxygens (including phenoxy) is 1. The fourth-order valence-electron chi connectivity index (χ4n) is 1.66. The van der Waals surface area contributed by atoms with Crippen LogP contribution in [0.4, 0.5) is 18.9 Å². The standard InChI is InChI=1S/C11H10F3NO2/c1-15-4-5-17-9-3-2-7(6-8(9)15)10(16)11(12,13)14/h2-3,6H,4-5H2,1H3. The second-order valence-electron chi connectivity index (χ2n) is 3.78. The highest BCUT2D eigenvalue weighted by Crippen LogP contribution is 2.33. The van der Waals surface area contributed by atoms with Gasteiger partial charge in [0.2, 0.25) is 0 Å². The minimum absolute atomic E-state index is 0.367. The summed E-state index contributed by atoms with van der Waals surface area (Å²) in [6.07, 6.45) is -4.84. The number of hydrogen-bond donors (Lipinski definition) is 0. The predicted molar refractivity (Wildman–Crippen MR) is 55.6 cm³/mol. The van der Waals surface area contributed by atoms with E-state index in [0.717, 1.165) is 6.07 Å². The number of ketones is 1. The Bertz CT molecular complexity index is 457. The summed E-state index contributed by atoms with van der Waals surface area (Å²) in [5.74, 6) is -1.34. The summed E-state index contributed by atoms with van der Waals surface area (Å²) in [4.78, 5) is 12.8. The zero-order valence-electron chi connectivity index (χ0n) is 9.04. The zero-order chi connectivity index (χ0) is 12.6. The molecule has 0 spiro atoms. The van der Waals surface area contributed by atoms with Crippen molar-refractivity contribution < 1.29 is 22.7 Å². The molecule has 0 aromatic heterocycles. The van der Waals surface area contributed by atoms with Crippen LogP contribution in [0.1, 0.15) is 10.4 Å². The van der Waals surface area contributed by atoms with Crippen LogP contribution in [0, 0.1) is 0 Å². The molecule has 2 rings (SSSR count). The fraction of sp³-hybridized carbons (Fsp3) is 0.364. The lowest BCUT2D eigenvalue weighted by Crippen LogP contribution is -2.29. The third kappa shape index (κ3) is 2.20. The lowest BCUT2D eigenvalue weighted by molar-refractivity contribution is -0.0885. The number of fused-ring (bicyclic) bond motifs is 1. The van der Waals surface area contributed by atoms with Crippen LogP contribution >= 0.6 is 0 Å². The van der Waals surface area contributed by atoms with Crippen molar-refractivity contribution in [3.05, 3.63) is 23.8 Å². The summed E-state index contributed by atoms with van der Waals surface area (Å²) < 4.78 is 42.1. The van der Waals surface area contributed by atoms with E-state index >= 15 is 0 Å². The van der Waals surface area contributed by atoms with Crippen molar-refractivity contribution in [3.63, 3.8) is 0 Å². The van der Waals surface area contributed by atoms with E-state index in [-0.39, 0.29) is 5.56 Å². The maximum Gasteiger partial charge on any atom is 0.454 e. The van der Waals surface area contributed by atoms with Crippen molar-refractivity contribution >= 4 is 11.5 Å². The molecule has 0 N–H and O–H groups in total. The average Bonchev–Trinajstić information content (AvgIpc) is 2.27. The van der Waals surface area contributed by atoms with E-state index in [1.165, 1.54) is 12.1 Å². The van der Waals surface area contributed by atoms with Crippen LogP contribution in [0.25, 0.3) is 0 Å². The first-order valence-electron chi connectivity index (χ1n) is 4.99. The molecular formula is C11H10F3NO2.